The van der Waals surface area contributed by atoms with Gasteiger partial charge in [-0.2, -0.15) is 0 Å². The van der Waals surface area contributed by atoms with Crippen molar-refractivity contribution in [2.45, 2.75) is 40.5 Å². The van der Waals surface area contributed by atoms with E-state index in [9.17, 15) is 0 Å². The lowest BCUT2D eigenvalue weighted by Gasteiger charge is -2.20. The van der Waals surface area contributed by atoms with Gasteiger partial charge in [0.15, 0.2) is 0 Å². The maximum Gasteiger partial charge on any atom is 0.0433 e. The first kappa shape index (κ1) is 11.0. The van der Waals surface area contributed by atoms with Crippen LogP contribution in [0.3, 0.4) is 0 Å². The second-order valence-electron chi connectivity index (χ2n) is 4.10. The van der Waals surface area contributed by atoms with Gasteiger partial charge in [-0.1, -0.05) is 27.7 Å². The zero-order valence-electron chi connectivity index (χ0n) is 8.30. The first-order valence-electron chi connectivity index (χ1n) is 4.68. The molecule has 2 atom stereocenters. The topological polar surface area (TPSA) is 20.2 Å². The summed E-state index contributed by atoms with van der Waals surface area (Å²) < 4.78 is 0. The highest BCUT2D eigenvalue weighted by molar-refractivity contribution is 4.63. The van der Waals surface area contributed by atoms with E-state index in [1.165, 1.54) is 6.42 Å². The molecule has 1 N–H and O–H groups in total. The molecular weight excluding hydrogens is 136 g/mol. The standard InChI is InChI=1S/C10H22O/c1-8(2)7-10(4)9(3)5-6-11/h8-11H,5-7H2,1-4H3. The van der Waals surface area contributed by atoms with E-state index >= 15 is 0 Å². The van der Waals surface area contributed by atoms with Crippen LogP contribution in [-0.4, -0.2) is 11.7 Å². The van der Waals surface area contributed by atoms with Crippen LogP contribution in [0.15, 0.2) is 0 Å². The van der Waals surface area contributed by atoms with Gasteiger partial charge in [-0.3, -0.25) is 0 Å². The zero-order chi connectivity index (χ0) is 8.85. The molecule has 0 saturated heterocycles. The maximum atomic E-state index is 8.72. The summed E-state index contributed by atoms with van der Waals surface area (Å²) in [6.07, 6.45) is 2.23. The van der Waals surface area contributed by atoms with Crippen molar-refractivity contribution >= 4 is 0 Å². The van der Waals surface area contributed by atoms with Crippen molar-refractivity contribution in [1.82, 2.24) is 0 Å². The average molecular weight is 158 g/mol. The summed E-state index contributed by atoms with van der Waals surface area (Å²) in [5.74, 6) is 2.20. The summed E-state index contributed by atoms with van der Waals surface area (Å²) in [6, 6.07) is 0. The van der Waals surface area contributed by atoms with Crippen LogP contribution in [0.2, 0.25) is 0 Å². The summed E-state index contributed by atoms with van der Waals surface area (Å²) in [4.78, 5) is 0. The van der Waals surface area contributed by atoms with E-state index in [4.69, 9.17) is 5.11 Å². The van der Waals surface area contributed by atoms with Gasteiger partial charge in [0.05, 0.1) is 0 Å². The Hall–Kier alpha value is -0.0400. The van der Waals surface area contributed by atoms with Gasteiger partial charge in [-0.05, 0) is 30.6 Å². The first-order valence-corrected chi connectivity index (χ1v) is 4.68. The van der Waals surface area contributed by atoms with Crippen molar-refractivity contribution in [2.24, 2.45) is 17.8 Å². The van der Waals surface area contributed by atoms with Gasteiger partial charge >= 0.3 is 0 Å². The van der Waals surface area contributed by atoms with Crippen LogP contribution in [0, 0.1) is 17.8 Å². The molecule has 11 heavy (non-hydrogen) atoms. The highest BCUT2D eigenvalue weighted by Gasteiger charge is 2.12. The third-order valence-corrected chi connectivity index (χ3v) is 2.40. The Morgan fingerprint density at radius 1 is 1.00 bits per heavy atom. The van der Waals surface area contributed by atoms with E-state index in [1.54, 1.807) is 0 Å². The summed E-state index contributed by atoms with van der Waals surface area (Å²) >= 11 is 0. The van der Waals surface area contributed by atoms with Crippen molar-refractivity contribution in [1.29, 1.82) is 0 Å². The third-order valence-electron chi connectivity index (χ3n) is 2.40. The SMILES string of the molecule is CC(C)CC(C)C(C)CCO. The van der Waals surface area contributed by atoms with Crippen LogP contribution >= 0.6 is 0 Å². The molecule has 0 aliphatic carbocycles. The smallest absolute Gasteiger partial charge is 0.0433 e. The highest BCUT2D eigenvalue weighted by Crippen LogP contribution is 2.21. The minimum atomic E-state index is 0.337. The highest BCUT2D eigenvalue weighted by atomic mass is 16.3. The van der Waals surface area contributed by atoms with E-state index in [0.29, 0.717) is 12.5 Å². The molecule has 0 aliphatic heterocycles. The molecule has 0 heterocycles. The molecular formula is C10H22O. The van der Waals surface area contributed by atoms with Crippen molar-refractivity contribution in [3.8, 4) is 0 Å². The maximum absolute atomic E-state index is 8.72. The Balaban J connectivity index is 3.54. The summed E-state index contributed by atoms with van der Waals surface area (Å²) in [6.45, 7) is 9.34. The van der Waals surface area contributed by atoms with Gasteiger partial charge in [-0.25, -0.2) is 0 Å². The fraction of sp³-hybridized carbons (Fsp3) is 1.00. The minimum absolute atomic E-state index is 0.337. The Labute approximate surface area is 70.8 Å². The Bertz CT molecular complexity index is 88.9. The monoisotopic (exact) mass is 158 g/mol. The summed E-state index contributed by atoms with van der Waals surface area (Å²) in [5, 5.41) is 8.72. The van der Waals surface area contributed by atoms with Crippen molar-refractivity contribution in [3.05, 3.63) is 0 Å². The van der Waals surface area contributed by atoms with E-state index < -0.39 is 0 Å². The number of hydrogen-bond acceptors (Lipinski definition) is 1. The number of aliphatic hydroxyl groups is 1. The normalized spacial score (nSPS) is 16.9. The fourth-order valence-electron chi connectivity index (χ4n) is 1.46. The lowest BCUT2D eigenvalue weighted by molar-refractivity contribution is 0.222. The first-order chi connectivity index (χ1) is 5.07. The molecule has 1 heteroatoms. The quantitative estimate of drug-likeness (QED) is 0.652. The second kappa shape index (κ2) is 5.59. The molecule has 0 aromatic heterocycles. The van der Waals surface area contributed by atoms with Crippen LogP contribution in [0.1, 0.15) is 40.5 Å². The molecule has 0 amide bonds. The summed E-state index contributed by atoms with van der Waals surface area (Å²) in [5.41, 5.74) is 0. The lowest BCUT2D eigenvalue weighted by atomic mass is 9.86. The molecule has 0 aromatic rings. The van der Waals surface area contributed by atoms with Crippen molar-refractivity contribution in [3.63, 3.8) is 0 Å². The lowest BCUT2D eigenvalue weighted by Crippen LogP contribution is -2.11. The van der Waals surface area contributed by atoms with Crippen molar-refractivity contribution < 1.29 is 5.11 Å². The van der Waals surface area contributed by atoms with Crippen molar-refractivity contribution in [2.75, 3.05) is 6.61 Å². The van der Waals surface area contributed by atoms with Gasteiger partial charge in [0.2, 0.25) is 0 Å². The van der Waals surface area contributed by atoms with Gasteiger partial charge in [0, 0.05) is 6.61 Å². The Morgan fingerprint density at radius 2 is 1.55 bits per heavy atom. The Morgan fingerprint density at radius 3 is 1.91 bits per heavy atom. The number of aliphatic hydroxyl groups excluding tert-OH is 1. The molecule has 0 spiro atoms. The molecule has 0 bridgehead atoms. The van der Waals surface area contributed by atoms with Crippen LogP contribution < -0.4 is 0 Å². The van der Waals surface area contributed by atoms with Crippen LogP contribution in [0.5, 0.6) is 0 Å². The minimum Gasteiger partial charge on any atom is -0.396 e. The molecule has 2 unspecified atom stereocenters. The molecule has 1 nitrogen and oxygen atoms in total. The predicted octanol–water partition coefficient (Wildman–Crippen LogP) is 2.69. The van der Waals surface area contributed by atoms with Crippen LogP contribution in [-0.2, 0) is 0 Å². The van der Waals surface area contributed by atoms with Crippen LogP contribution in [0.25, 0.3) is 0 Å². The van der Waals surface area contributed by atoms with E-state index in [0.717, 1.165) is 18.3 Å². The fourth-order valence-corrected chi connectivity index (χ4v) is 1.46. The zero-order valence-corrected chi connectivity index (χ0v) is 8.30. The largest absolute Gasteiger partial charge is 0.396 e. The number of rotatable bonds is 5. The van der Waals surface area contributed by atoms with Gasteiger partial charge < -0.3 is 5.11 Å². The molecule has 0 aliphatic rings. The molecule has 0 saturated carbocycles. The Kier molecular flexibility index (Phi) is 5.57. The van der Waals surface area contributed by atoms with Crippen LogP contribution in [0.4, 0.5) is 0 Å². The van der Waals surface area contributed by atoms with Gasteiger partial charge in [-0.15, -0.1) is 0 Å². The molecule has 0 radical (unpaired) electrons. The summed E-state index contributed by atoms with van der Waals surface area (Å²) in [7, 11) is 0. The molecule has 68 valence electrons. The molecule has 0 aromatic carbocycles. The third kappa shape index (κ3) is 5.25. The average Bonchev–Trinajstić information content (AvgIpc) is 1.86. The van der Waals surface area contributed by atoms with E-state index in [-0.39, 0.29) is 0 Å². The van der Waals surface area contributed by atoms with E-state index in [1.807, 2.05) is 0 Å². The number of hydrogen-bond donors (Lipinski definition) is 1. The second-order valence-corrected chi connectivity index (χ2v) is 4.10. The van der Waals surface area contributed by atoms with E-state index in [2.05, 4.69) is 27.7 Å². The van der Waals surface area contributed by atoms with Gasteiger partial charge in [0.25, 0.3) is 0 Å². The molecule has 0 fully saturated rings. The van der Waals surface area contributed by atoms with Gasteiger partial charge in [0.1, 0.15) is 0 Å². The predicted molar refractivity (Wildman–Crippen MR) is 49.5 cm³/mol. The molecule has 0 rings (SSSR count).